The van der Waals surface area contributed by atoms with Crippen molar-refractivity contribution in [3.05, 3.63) is 89.5 Å². The van der Waals surface area contributed by atoms with Crippen LogP contribution in [0.15, 0.2) is 87.8 Å². The van der Waals surface area contributed by atoms with Crippen molar-refractivity contribution in [2.45, 2.75) is 71.3 Å². The molecule has 1 heterocycles. The molecule has 1 aliphatic rings. The molecule has 3 unspecified atom stereocenters. The molecule has 0 spiro atoms. The van der Waals surface area contributed by atoms with Gasteiger partial charge in [-0.2, -0.15) is 4.99 Å². The SMILES string of the molecule is CC(C)c1ccccc1N1C(=NC(=O)NC(C)C(C)c2ccc(C(N)=NC=Nc3ccc(OC(F)(F)F)cc3)cc2)SCCC1C. The molecule has 0 saturated carbocycles. The van der Waals surface area contributed by atoms with Crippen molar-refractivity contribution in [2.75, 3.05) is 10.7 Å². The van der Waals surface area contributed by atoms with Crippen molar-refractivity contribution in [1.29, 1.82) is 0 Å². The number of nitrogens with zero attached hydrogens (tertiary/aromatic N) is 4. The first-order valence-corrected chi connectivity index (χ1v) is 16.0. The van der Waals surface area contributed by atoms with E-state index >= 15 is 0 Å². The summed E-state index contributed by atoms with van der Waals surface area (Å²) in [6.45, 7) is 10.5. The van der Waals surface area contributed by atoms with Crippen molar-refractivity contribution in [3.63, 3.8) is 0 Å². The van der Waals surface area contributed by atoms with Gasteiger partial charge in [-0.3, -0.25) is 0 Å². The van der Waals surface area contributed by atoms with Gasteiger partial charge in [0.2, 0.25) is 0 Å². The van der Waals surface area contributed by atoms with Crippen molar-refractivity contribution in [1.82, 2.24) is 5.32 Å². The highest BCUT2D eigenvalue weighted by Crippen LogP contribution is 2.35. The summed E-state index contributed by atoms with van der Waals surface area (Å²) in [5.74, 6) is 1.11. The lowest BCUT2D eigenvalue weighted by Gasteiger charge is -2.37. The van der Waals surface area contributed by atoms with Crippen molar-refractivity contribution >= 4 is 46.5 Å². The number of thioether (sulfide) groups is 1. The number of rotatable bonds is 9. The van der Waals surface area contributed by atoms with Crippen LogP contribution in [0, 0.1) is 0 Å². The first kappa shape index (κ1) is 34.6. The molecular formula is C34H39F3N6O2S. The third-order valence-corrected chi connectivity index (χ3v) is 8.72. The number of carbonyl (C=O) groups excluding carboxylic acids is 1. The normalized spacial score (nSPS) is 18.2. The van der Waals surface area contributed by atoms with Crippen LogP contribution in [-0.4, -0.2) is 47.6 Å². The maximum absolute atomic E-state index is 13.1. The molecule has 0 bridgehead atoms. The molecule has 0 aliphatic carbocycles. The van der Waals surface area contributed by atoms with Crippen LogP contribution in [-0.2, 0) is 0 Å². The molecule has 12 heteroatoms. The van der Waals surface area contributed by atoms with Crippen LogP contribution in [0.5, 0.6) is 5.75 Å². The molecule has 1 saturated heterocycles. The van der Waals surface area contributed by atoms with E-state index in [1.807, 2.05) is 50.2 Å². The standard InChI is InChI=1S/C34H39F3N6O2S/c1-21(2)29-8-6-7-9-30(29)43-22(3)18-19-46-33(43)42-32(44)41-24(5)23(4)25-10-12-26(13-11-25)31(38)40-20-39-27-14-16-28(17-15-27)45-34(35,36)37/h6-17,20-24H,18-19H2,1-5H3,(H,41,44)(H2,38,39,40). The largest absolute Gasteiger partial charge is 0.573 e. The number of benzene rings is 3. The molecule has 1 fully saturated rings. The third-order valence-electron chi connectivity index (χ3n) is 7.74. The van der Waals surface area contributed by atoms with Gasteiger partial charge in [0.1, 0.15) is 17.9 Å². The Morgan fingerprint density at radius 2 is 1.72 bits per heavy atom. The Morgan fingerprint density at radius 1 is 1.04 bits per heavy atom. The predicted molar refractivity (Wildman–Crippen MR) is 182 cm³/mol. The summed E-state index contributed by atoms with van der Waals surface area (Å²) >= 11 is 1.60. The molecule has 3 atom stereocenters. The number of hydrogen-bond acceptors (Lipinski definition) is 4. The summed E-state index contributed by atoms with van der Waals surface area (Å²) in [6, 6.07) is 20.6. The van der Waals surface area contributed by atoms with Crippen LogP contribution in [0.1, 0.15) is 69.6 Å². The van der Waals surface area contributed by atoms with Gasteiger partial charge in [-0.05, 0) is 67.6 Å². The van der Waals surface area contributed by atoms with Gasteiger partial charge in [0, 0.05) is 35.0 Å². The lowest BCUT2D eigenvalue weighted by Crippen LogP contribution is -2.43. The maximum atomic E-state index is 13.1. The zero-order valence-electron chi connectivity index (χ0n) is 26.5. The molecule has 3 aromatic carbocycles. The van der Waals surface area contributed by atoms with Crippen molar-refractivity contribution in [3.8, 4) is 5.75 Å². The average Bonchev–Trinajstić information content (AvgIpc) is 3.01. The molecule has 1 aliphatic heterocycles. The van der Waals surface area contributed by atoms with E-state index in [1.54, 1.807) is 11.8 Å². The zero-order chi connectivity index (χ0) is 33.4. The molecular weight excluding hydrogens is 613 g/mol. The summed E-state index contributed by atoms with van der Waals surface area (Å²) in [5.41, 5.74) is 10.5. The third kappa shape index (κ3) is 9.35. The van der Waals surface area contributed by atoms with E-state index in [-0.39, 0.29) is 35.6 Å². The molecule has 0 radical (unpaired) electrons. The van der Waals surface area contributed by atoms with Gasteiger partial charge >= 0.3 is 12.4 Å². The lowest BCUT2D eigenvalue weighted by molar-refractivity contribution is -0.274. The summed E-state index contributed by atoms with van der Waals surface area (Å²) in [7, 11) is 0. The smallest absolute Gasteiger partial charge is 0.406 e. The molecule has 244 valence electrons. The minimum absolute atomic E-state index is 0.0158. The van der Waals surface area contributed by atoms with E-state index in [2.05, 4.69) is 62.8 Å². The van der Waals surface area contributed by atoms with E-state index < -0.39 is 6.36 Å². The number of anilines is 1. The number of aliphatic imine (C=N–C) groups is 3. The van der Waals surface area contributed by atoms with E-state index in [0.29, 0.717) is 22.3 Å². The number of amidine groups is 2. The Hall–Kier alpha value is -4.32. The van der Waals surface area contributed by atoms with E-state index in [1.165, 1.54) is 36.2 Å². The monoisotopic (exact) mass is 652 g/mol. The Morgan fingerprint density at radius 3 is 2.37 bits per heavy atom. The number of para-hydroxylation sites is 1. The summed E-state index contributed by atoms with van der Waals surface area (Å²) < 4.78 is 40.8. The first-order valence-electron chi connectivity index (χ1n) is 15.0. The Kier molecular flexibility index (Phi) is 11.5. The second-order valence-corrected chi connectivity index (χ2v) is 12.5. The highest BCUT2D eigenvalue weighted by Gasteiger charge is 2.31. The second kappa shape index (κ2) is 15.3. The van der Waals surface area contributed by atoms with Crippen LogP contribution in [0.25, 0.3) is 0 Å². The topological polar surface area (TPSA) is 105 Å². The highest BCUT2D eigenvalue weighted by molar-refractivity contribution is 8.14. The number of carbonyl (C=O) groups is 1. The molecule has 2 amide bonds. The summed E-state index contributed by atoms with van der Waals surface area (Å²) in [4.78, 5) is 28.1. The molecule has 46 heavy (non-hydrogen) atoms. The molecule has 8 nitrogen and oxygen atoms in total. The van der Waals surface area contributed by atoms with E-state index in [4.69, 9.17) is 5.73 Å². The number of halogens is 3. The number of nitrogens with one attached hydrogen (secondary N) is 1. The highest BCUT2D eigenvalue weighted by atomic mass is 32.2. The van der Waals surface area contributed by atoms with Gasteiger partial charge in [-0.15, -0.1) is 13.2 Å². The Balaban J connectivity index is 1.38. The van der Waals surface area contributed by atoms with Crippen LogP contribution in [0.4, 0.5) is 29.3 Å². The minimum atomic E-state index is -4.76. The van der Waals surface area contributed by atoms with Gasteiger partial charge in [-0.1, -0.05) is 75.0 Å². The average molecular weight is 653 g/mol. The number of urea groups is 1. The van der Waals surface area contributed by atoms with Crippen LogP contribution in [0.3, 0.4) is 0 Å². The summed E-state index contributed by atoms with van der Waals surface area (Å²) in [5, 5.41) is 3.76. The van der Waals surface area contributed by atoms with Crippen LogP contribution < -0.4 is 20.7 Å². The Bertz CT molecular complexity index is 1570. The van der Waals surface area contributed by atoms with E-state index in [9.17, 15) is 18.0 Å². The summed E-state index contributed by atoms with van der Waals surface area (Å²) in [6.07, 6.45) is -2.52. The molecule has 3 aromatic rings. The number of hydrogen-bond donors (Lipinski definition) is 2. The zero-order valence-corrected chi connectivity index (χ0v) is 27.3. The van der Waals surface area contributed by atoms with Gasteiger partial charge in [-0.25, -0.2) is 14.8 Å². The van der Waals surface area contributed by atoms with Crippen molar-refractivity contribution in [2.24, 2.45) is 20.7 Å². The number of nitrogens with two attached hydrogens (primary N) is 1. The quantitative estimate of drug-likeness (QED) is 0.179. The number of alkyl halides is 3. The molecule has 4 rings (SSSR count). The number of amides is 2. The van der Waals surface area contributed by atoms with Crippen molar-refractivity contribution < 1.29 is 22.7 Å². The number of ether oxygens (including phenoxy) is 1. The molecule has 3 N–H and O–H groups in total. The van der Waals surface area contributed by atoms with Crippen LogP contribution in [0.2, 0.25) is 0 Å². The van der Waals surface area contributed by atoms with Gasteiger partial charge in [0.05, 0.1) is 5.69 Å². The van der Waals surface area contributed by atoms with Gasteiger partial charge in [0.15, 0.2) is 5.17 Å². The first-order chi connectivity index (χ1) is 21.8. The van der Waals surface area contributed by atoms with E-state index in [0.717, 1.165) is 23.4 Å². The van der Waals surface area contributed by atoms with Crippen LogP contribution >= 0.6 is 11.8 Å². The molecule has 0 aromatic heterocycles. The fourth-order valence-corrected chi connectivity index (χ4v) is 6.19. The van der Waals surface area contributed by atoms with Gasteiger partial charge in [0.25, 0.3) is 0 Å². The minimum Gasteiger partial charge on any atom is -0.406 e. The maximum Gasteiger partial charge on any atom is 0.573 e. The fraction of sp³-hybridized carbons (Fsp3) is 0.353. The predicted octanol–water partition coefficient (Wildman–Crippen LogP) is 8.36. The second-order valence-electron chi connectivity index (χ2n) is 11.4. The lowest BCUT2D eigenvalue weighted by atomic mass is 9.93. The Labute approximate surface area is 272 Å². The fourth-order valence-electron chi connectivity index (χ4n) is 4.98. The van der Waals surface area contributed by atoms with Gasteiger partial charge < -0.3 is 20.7 Å².